The lowest BCUT2D eigenvalue weighted by molar-refractivity contribution is 0.0696. The van der Waals surface area contributed by atoms with Gasteiger partial charge in [-0.05, 0) is 42.5 Å². The monoisotopic (exact) mass is 275 g/mol. The summed E-state index contributed by atoms with van der Waals surface area (Å²) in [6.45, 7) is 0. The lowest BCUT2D eigenvalue weighted by atomic mass is 10.1. The molecule has 2 rings (SSSR count). The standard InChI is InChI=1S/C15H14FNO3/c1-17(11-4-6-12(20-2)7-5-11)14-8-3-10(15(18)19)9-13(14)16/h3-9H,1-2H3,(H,18,19). The highest BCUT2D eigenvalue weighted by Gasteiger charge is 2.12. The number of halogens is 1. The molecule has 2 aromatic carbocycles. The number of rotatable bonds is 4. The van der Waals surface area contributed by atoms with E-state index in [2.05, 4.69) is 0 Å². The summed E-state index contributed by atoms with van der Waals surface area (Å²) in [7, 11) is 3.28. The maximum absolute atomic E-state index is 14.0. The highest BCUT2D eigenvalue weighted by molar-refractivity contribution is 5.88. The Balaban J connectivity index is 2.32. The van der Waals surface area contributed by atoms with Crippen LogP contribution in [0.5, 0.6) is 5.75 Å². The molecule has 104 valence electrons. The van der Waals surface area contributed by atoms with E-state index in [1.807, 2.05) is 0 Å². The van der Waals surface area contributed by atoms with Gasteiger partial charge in [0.05, 0.1) is 18.4 Å². The number of hydrogen-bond acceptors (Lipinski definition) is 3. The highest BCUT2D eigenvalue weighted by Crippen LogP contribution is 2.28. The molecule has 0 heterocycles. The first kappa shape index (κ1) is 13.9. The van der Waals surface area contributed by atoms with Crippen molar-refractivity contribution in [1.29, 1.82) is 0 Å². The maximum Gasteiger partial charge on any atom is 0.335 e. The van der Waals surface area contributed by atoms with Crippen molar-refractivity contribution >= 4 is 17.3 Å². The third kappa shape index (κ3) is 2.71. The quantitative estimate of drug-likeness (QED) is 0.930. The third-order valence-electron chi connectivity index (χ3n) is 3.02. The molecule has 0 aliphatic heterocycles. The second-order valence-electron chi connectivity index (χ2n) is 4.23. The summed E-state index contributed by atoms with van der Waals surface area (Å²) in [6.07, 6.45) is 0. The predicted octanol–water partition coefficient (Wildman–Crippen LogP) is 3.30. The Morgan fingerprint density at radius 2 is 1.85 bits per heavy atom. The zero-order chi connectivity index (χ0) is 14.7. The number of ether oxygens (including phenoxy) is 1. The SMILES string of the molecule is COc1ccc(N(C)c2ccc(C(=O)O)cc2F)cc1. The van der Waals surface area contributed by atoms with Crippen LogP contribution in [0.25, 0.3) is 0 Å². The molecule has 0 bridgehead atoms. The van der Waals surface area contributed by atoms with Crippen molar-refractivity contribution in [2.75, 3.05) is 19.1 Å². The van der Waals surface area contributed by atoms with Crippen molar-refractivity contribution in [3.8, 4) is 5.75 Å². The fourth-order valence-electron chi connectivity index (χ4n) is 1.86. The third-order valence-corrected chi connectivity index (χ3v) is 3.02. The molecule has 0 saturated heterocycles. The molecule has 0 aliphatic rings. The van der Waals surface area contributed by atoms with Crippen molar-refractivity contribution in [3.05, 3.63) is 53.8 Å². The molecule has 0 atom stereocenters. The number of carboxylic acid groups (broad SMARTS) is 1. The number of anilines is 2. The average molecular weight is 275 g/mol. The second kappa shape index (κ2) is 5.61. The van der Waals surface area contributed by atoms with Crippen molar-refractivity contribution in [2.24, 2.45) is 0 Å². The van der Waals surface area contributed by atoms with E-state index in [1.165, 1.54) is 12.1 Å². The molecule has 20 heavy (non-hydrogen) atoms. The summed E-state index contributed by atoms with van der Waals surface area (Å²) in [5.41, 5.74) is 1.00. The average Bonchev–Trinajstić information content (AvgIpc) is 2.46. The van der Waals surface area contributed by atoms with Gasteiger partial charge in [-0.1, -0.05) is 0 Å². The smallest absolute Gasteiger partial charge is 0.335 e. The molecule has 0 radical (unpaired) electrons. The number of carbonyl (C=O) groups is 1. The van der Waals surface area contributed by atoms with E-state index >= 15 is 0 Å². The summed E-state index contributed by atoms with van der Waals surface area (Å²) in [6, 6.07) is 11.0. The van der Waals surface area contributed by atoms with E-state index < -0.39 is 11.8 Å². The van der Waals surface area contributed by atoms with Gasteiger partial charge >= 0.3 is 5.97 Å². The van der Waals surface area contributed by atoms with Crippen molar-refractivity contribution < 1.29 is 19.0 Å². The van der Waals surface area contributed by atoms with Gasteiger partial charge in [-0.2, -0.15) is 0 Å². The molecule has 0 fully saturated rings. The van der Waals surface area contributed by atoms with Crippen molar-refractivity contribution in [3.63, 3.8) is 0 Å². The Bertz CT molecular complexity index is 626. The molecule has 0 amide bonds. The fourth-order valence-corrected chi connectivity index (χ4v) is 1.86. The molecular formula is C15H14FNO3. The minimum Gasteiger partial charge on any atom is -0.497 e. The normalized spacial score (nSPS) is 10.2. The predicted molar refractivity (Wildman–Crippen MR) is 74.4 cm³/mol. The minimum atomic E-state index is -1.15. The van der Waals surface area contributed by atoms with E-state index in [1.54, 1.807) is 43.3 Å². The summed E-state index contributed by atoms with van der Waals surface area (Å²) >= 11 is 0. The summed E-state index contributed by atoms with van der Waals surface area (Å²) in [4.78, 5) is 12.4. The number of nitrogens with zero attached hydrogens (tertiary/aromatic N) is 1. The Hall–Kier alpha value is -2.56. The molecule has 4 nitrogen and oxygen atoms in total. The van der Waals surface area contributed by atoms with E-state index in [0.717, 1.165) is 11.8 Å². The number of benzene rings is 2. The van der Waals surface area contributed by atoms with E-state index in [9.17, 15) is 9.18 Å². The molecule has 0 spiro atoms. The van der Waals surface area contributed by atoms with Crippen molar-refractivity contribution in [1.82, 2.24) is 0 Å². The first-order valence-electron chi connectivity index (χ1n) is 5.93. The van der Waals surface area contributed by atoms with Gasteiger partial charge in [-0.3, -0.25) is 0 Å². The lowest BCUT2D eigenvalue weighted by Crippen LogP contribution is -2.12. The molecular weight excluding hydrogens is 261 g/mol. The van der Waals surface area contributed by atoms with Crippen LogP contribution in [0.15, 0.2) is 42.5 Å². The number of carboxylic acids is 1. The molecule has 0 saturated carbocycles. The highest BCUT2D eigenvalue weighted by atomic mass is 19.1. The lowest BCUT2D eigenvalue weighted by Gasteiger charge is -2.20. The summed E-state index contributed by atoms with van der Waals surface area (Å²) < 4.78 is 19.0. The van der Waals surface area contributed by atoms with Gasteiger partial charge in [0.1, 0.15) is 11.6 Å². The van der Waals surface area contributed by atoms with Crippen LogP contribution < -0.4 is 9.64 Å². The van der Waals surface area contributed by atoms with E-state index in [0.29, 0.717) is 11.4 Å². The van der Waals surface area contributed by atoms with Gasteiger partial charge in [0, 0.05) is 12.7 Å². The molecule has 2 aromatic rings. The van der Waals surface area contributed by atoms with Crippen LogP contribution in [0.3, 0.4) is 0 Å². The van der Waals surface area contributed by atoms with E-state index in [-0.39, 0.29) is 5.56 Å². The minimum absolute atomic E-state index is 0.0746. The van der Waals surface area contributed by atoms with Crippen LogP contribution in [0, 0.1) is 5.82 Å². The van der Waals surface area contributed by atoms with Crippen LogP contribution in [0.1, 0.15) is 10.4 Å². The topological polar surface area (TPSA) is 49.8 Å². The molecule has 5 heteroatoms. The van der Waals surface area contributed by atoms with Crippen LogP contribution >= 0.6 is 0 Å². The molecule has 0 unspecified atom stereocenters. The number of hydrogen-bond donors (Lipinski definition) is 1. The van der Waals surface area contributed by atoms with Crippen molar-refractivity contribution in [2.45, 2.75) is 0 Å². The molecule has 0 aliphatic carbocycles. The number of methoxy groups -OCH3 is 1. The fraction of sp³-hybridized carbons (Fsp3) is 0.133. The van der Waals surface area contributed by atoms with Crippen LogP contribution in [-0.2, 0) is 0 Å². The van der Waals surface area contributed by atoms with E-state index in [4.69, 9.17) is 9.84 Å². The Kier molecular flexibility index (Phi) is 3.89. The first-order chi connectivity index (χ1) is 9.52. The second-order valence-corrected chi connectivity index (χ2v) is 4.23. The first-order valence-corrected chi connectivity index (χ1v) is 5.93. The summed E-state index contributed by atoms with van der Waals surface area (Å²) in [5.74, 6) is -1.02. The zero-order valence-electron chi connectivity index (χ0n) is 11.1. The Labute approximate surface area is 116 Å². The maximum atomic E-state index is 14.0. The Morgan fingerprint density at radius 1 is 1.20 bits per heavy atom. The van der Waals surface area contributed by atoms with Crippen LogP contribution in [-0.4, -0.2) is 25.2 Å². The van der Waals surface area contributed by atoms with Gasteiger partial charge in [-0.25, -0.2) is 9.18 Å². The van der Waals surface area contributed by atoms with Gasteiger partial charge in [-0.15, -0.1) is 0 Å². The zero-order valence-corrected chi connectivity index (χ0v) is 11.1. The Morgan fingerprint density at radius 3 is 2.35 bits per heavy atom. The number of aromatic carboxylic acids is 1. The summed E-state index contributed by atoms with van der Waals surface area (Å²) in [5, 5.41) is 8.82. The van der Waals surface area contributed by atoms with Gasteiger partial charge in [0.15, 0.2) is 0 Å². The molecule has 0 aromatic heterocycles. The van der Waals surface area contributed by atoms with Gasteiger partial charge in [0.2, 0.25) is 0 Å². The van der Waals surface area contributed by atoms with Crippen LogP contribution in [0.4, 0.5) is 15.8 Å². The largest absolute Gasteiger partial charge is 0.497 e. The van der Waals surface area contributed by atoms with Crippen LogP contribution in [0.2, 0.25) is 0 Å². The van der Waals surface area contributed by atoms with Gasteiger partial charge < -0.3 is 14.7 Å². The molecule has 1 N–H and O–H groups in total. The van der Waals surface area contributed by atoms with Gasteiger partial charge in [0.25, 0.3) is 0 Å².